The molecular weight excluding hydrogens is 216 g/mol. The summed E-state index contributed by atoms with van der Waals surface area (Å²) in [4.78, 5) is 0. The molecule has 0 aliphatic heterocycles. The summed E-state index contributed by atoms with van der Waals surface area (Å²) in [7, 11) is 0. The van der Waals surface area contributed by atoms with Crippen LogP contribution in [0.3, 0.4) is 0 Å². The summed E-state index contributed by atoms with van der Waals surface area (Å²) in [6.45, 7) is -1.02. The van der Waals surface area contributed by atoms with Crippen LogP contribution in [0.1, 0.15) is 0 Å². The minimum Gasteiger partial charge on any atom is -0.394 e. The fourth-order valence-electron chi connectivity index (χ4n) is 0.755. The molecule has 15 heavy (non-hydrogen) atoms. The molecule has 9 N–H and O–H groups in total. The van der Waals surface area contributed by atoms with E-state index in [0.717, 1.165) is 0 Å². The minimum absolute atomic E-state index is 1.02. The summed E-state index contributed by atoms with van der Waals surface area (Å²) >= 11 is 0. The molecular formula is C6H14O9. The van der Waals surface area contributed by atoms with Crippen LogP contribution in [0.4, 0.5) is 0 Å². The van der Waals surface area contributed by atoms with Crippen LogP contribution in [-0.2, 0) is 0 Å². The van der Waals surface area contributed by atoms with Gasteiger partial charge in [0.05, 0.1) is 6.61 Å². The average molecular weight is 230 g/mol. The molecule has 0 amide bonds. The van der Waals surface area contributed by atoms with Crippen molar-refractivity contribution >= 4 is 0 Å². The van der Waals surface area contributed by atoms with E-state index in [4.69, 9.17) is 46.0 Å². The van der Waals surface area contributed by atoms with Gasteiger partial charge < -0.3 is 46.0 Å². The molecule has 0 saturated carbocycles. The van der Waals surface area contributed by atoms with Gasteiger partial charge in [-0.3, -0.25) is 0 Å². The van der Waals surface area contributed by atoms with Crippen LogP contribution in [0.25, 0.3) is 0 Å². The Bertz CT molecular complexity index is 197. The lowest BCUT2D eigenvalue weighted by atomic mass is 9.98. The van der Waals surface area contributed by atoms with Gasteiger partial charge in [0.1, 0.15) is 18.3 Å². The molecule has 0 aromatic carbocycles. The van der Waals surface area contributed by atoms with E-state index in [1.165, 1.54) is 0 Å². The molecule has 0 aromatic rings. The number of aliphatic hydroxyl groups is 9. The topological polar surface area (TPSA) is 182 Å². The highest BCUT2D eigenvalue weighted by molar-refractivity contribution is 4.89. The molecule has 0 unspecified atom stereocenters. The van der Waals surface area contributed by atoms with E-state index in [0.29, 0.717) is 0 Å². The zero-order chi connectivity index (χ0) is 12.4. The Hall–Kier alpha value is -0.360. The third-order valence-electron chi connectivity index (χ3n) is 1.81. The van der Waals surface area contributed by atoms with Crippen molar-refractivity contribution in [3.05, 3.63) is 0 Å². The molecule has 3 atom stereocenters. The Kier molecular flexibility index (Phi) is 4.54. The maximum absolute atomic E-state index is 8.98. The fraction of sp³-hybridized carbons (Fsp3) is 1.00. The molecule has 9 nitrogen and oxygen atoms in total. The molecule has 0 fully saturated rings. The molecule has 0 saturated heterocycles. The van der Waals surface area contributed by atoms with Crippen molar-refractivity contribution in [2.24, 2.45) is 0 Å². The van der Waals surface area contributed by atoms with Gasteiger partial charge in [-0.2, -0.15) is 0 Å². The molecule has 0 spiro atoms. The first kappa shape index (κ1) is 14.6. The van der Waals surface area contributed by atoms with Gasteiger partial charge in [0, 0.05) is 0 Å². The van der Waals surface area contributed by atoms with E-state index in [1.807, 2.05) is 0 Å². The largest absolute Gasteiger partial charge is 0.394 e. The third-order valence-corrected chi connectivity index (χ3v) is 1.81. The summed E-state index contributed by atoms with van der Waals surface area (Å²) in [6.07, 6.45) is -6.99. The van der Waals surface area contributed by atoms with Crippen LogP contribution >= 0.6 is 0 Å². The average Bonchev–Trinajstić information content (AvgIpc) is 2.12. The first-order valence-corrected chi connectivity index (χ1v) is 3.82. The van der Waals surface area contributed by atoms with Gasteiger partial charge >= 0.3 is 5.97 Å². The SMILES string of the molecule is OC[C@H](O)[C@@H](O)[C@@H](O)C(O)(O)C(O)(O)O. The quantitative estimate of drug-likeness (QED) is 0.208. The van der Waals surface area contributed by atoms with Crippen LogP contribution < -0.4 is 0 Å². The maximum Gasteiger partial charge on any atom is 0.335 e. The van der Waals surface area contributed by atoms with Crippen molar-refractivity contribution in [3.8, 4) is 0 Å². The predicted molar refractivity (Wildman–Crippen MR) is 41.7 cm³/mol. The monoisotopic (exact) mass is 230 g/mol. The number of hydrogen-bond acceptors (Lipinski definition) is 9. The first-order chi connectivity index (χ1) is 6.55. The summed E-state index contributed by atoms with van der Waals surface area (Å²) in [5.41, 5.74) is 0. The second-order valence-corrected chi connectivity index (χ2v) is 3.05. The van der Waals surface area contributed by atoms with E-state index < -0.39 is 36.7 Å². The van der Waals surface area contributed by atoms with E-state index in [2.05, 4.69) is 0 Å². The van der Waals surface area contributed by atoms with Gasteiger partial charge in [-0.25, -0.2) is 0 Å². The minimum atomic E-state index is -4.11. The van der Waals surface area contributed by atoms with E-state index in [-0.39, 0.29) is 0 Å². The Morgan fingerprint density at radius 1 is 0.867 bits per heavy atom. The second kappa shape index (κ2) is 4.65. The number of rotatable bonds is 5. The maximum atomic E-state index is 8.98. The molecule has 92 valence electrons. The van der Waals surface area contributed by atoms with Crippen molar-refractivity contribution in [1.29, 1.82) is 0 Å². The summed E-state index contributed by atoms with van der Waals surface area (Å²) in [5, 5.41) is 78.0. The van der Waals surface area contributed by atoms with Crippen molar-refractivity contribution in [3.63, 3.8) is 0 Å². The Labute approximate surface area is 83.7 Å². The van der Waals surface area contributed by atoms with Crippen LogP contribution in [0, 0.1) is 0 Å². The number of aliphatic hydroxyl groups excluding tert-OH is 4. The van der Waals surface area contributed by atoms with Crippen LogP contribution in [0.5, 0.6) is 0 Å². The van der Waals surface area contributed by atoms with Crippen LogP contribution in [0.15, 0.2) is 0 Å². The molecule has 0 bridgehead atoms. The second-order valence-electron chi connectivity index (χ2n) is 3.05. The van der Waals surface area contributed by atoms with Gasteiger partial charge in [0.15, 0.2) is 0 Å². The lowest BCUT2D eigenvalue weighted by Crippen LogP contribution is -2.66. The fourth-order valence-corrected chi connectivity index (χ4v) is 0.755. The number of hydrogen-bond donors (Lipinski definition) is 9. The lowest BCUT2D eigenvalue weighted by molar-refractivity contribution is -0.469. The van der Waals surface area contributed by atoms with Gasteiger partial charge in [-0.05, 0) is 0 Å². The summed E-state index contributed by atoms with van der Waals surface area (Å²) in [5.74, 6) is -8.01. The highest BCUT2D eigenvalue weighted by Gasteiger charge is 2.55. The molecule has 0 aliphatic rings. The van der Waals surface area contributed by atoms with E-state index in [9.17, 15) is 0 Å². The molecule has 0 aliphatic carbocycles. The first-order valence-electron chi connectivity index (χ1n) is 3.82. The normalized spacial score (nSPS) is 19.8. The Morgan fingerprint density at radius 3 is 1.53 bits per heavy atom. The van der Waals surface area contributed by atoms with Gasteiger partial charge in [-0.1, -0.05) is 0 Å². The standard InChI is InChI=1S/C6H14O9/c7-1-2(8)3(9)4(10)5(11,12)6(13,14)15/h2-4,7-15H,1H2/t2-,3+,4+/m0/s1. The smallest absolute Gasteiger partial charge is 0.335 e. The molecule has 9 heteroatoms. The van der Waals surface area contributed by atoms with E-state index in [1.54, 1.807) is 0 Å². The van der Waals surface area contributed by atoms with Crippen LogP contribution in [0.2, 0.25) is 0 Å². The highest BCUT2D eigenvalue weighted by Crippen LogP contribution is 2.22. The summed E-state index contributed by atoms with van der Waals surface area (Å²) < 4.78 is 0. The summed E-state index contributed by atoms with van der Waals surface area (Å²) in [6, 6.07) is 0. The van der Waals surface area contributed by atoms with Gasteiger partial charge in [0.25, 0.3) is 5.79 Å². The van der Waals surface area contributed by atoms with Crippen LogP contribution in [-0.4, -0.2) is 82.6 Å². The molecule has 0 heterocycles. The van der Waals surface area contributed by atoms with Crippen molar-refractivity contribution < 1.29 is 46.0 Å². The van der Waals surface area contributed by atoms with Crippen molar-refractivity contribution in [2.45, 2.75) is 30.1 Å². The molecule has 0 radical (unpaired) electrons. The Morgan fingerprint density at radius 2 is 1.27 bits per heavy atom. The predicted octanol–water partition coefficient (Wildman–Crippen LogP) is -5.63. The van der Waals surface area contributed by atoms with E-state index >= 15 is 0 Å². The van der Waals surface area contributed by atoms with Crippen molar-refractivity contribution in [1.82, 2.24) is 0 Å². The zero-order valence-electron chi connectivity index (χ0n) is 7.46. The highest BCUT2D eigenvalue weighted by atomic mass is 16.7. The third kappa shape index (κ3) is 3.04. The van der Waals surface area contributed by atoms with Gasteiger partial charge in [-0.15, -0.1) is 0 Å². The zero-order valence-corrected chi connectivity index (χ0v) is 7.46. The molecule has 0 aromatic heterocycles. The van der Waals surface area contributed by atoms with Gasteiger partial charge in [0.2, 0.25) is 0 Å². The Balaban J connectivity index is 4.77. The lowest BCUT2D eigenvalue weighted by Gasteiger charge is -2.36. The molecule has 0 rings (SSSR count). The van der Waals surface area contributed by atoms with Crippen molar-refractivity contribution in [2.75, 3.05) is 6.61 Å².